The van der Waals surface area contributed by atoms with Crippen LogP contribution in [0.5, 0.6) is 5.75 Å². The summed E-state index contributed by atoms with van der Waals surface area (Å²) in [5.41, 5.74) is 1.13. The minimum atomic E-state index is -0.315. The van der Waals surface area contributed by atoms with E-state index >= 15 is 0 Å². The number of hydrogen-bond donors (Lipinski definition) is 1. The molecule has 1 aromatic heterocycles. The smallest absolute Gasteiger partial charge is 0.145 e. The molecule has 1 aliphatic rings. The predicted molar refractivity (Wildman–Crippen MR) is 76.8 cm³/mol. The highest BCUT2D eigenvalue weighted by molar-refractivity contribution is 6.33. The summed E-state index contributed by atoms with van der Waals surface area (Å²) in [4.78, 5) is 4.14. The Kier molecular flexibility index (Phi) is 3.63. The van der Waals surface area contributed by atoms with Crippen molar-refractivity contribution in [1.82, 2.24) is 4.98 Å². The molecule has 1 unspecified atom stereocenters. The van der Waals surface area contributed by atoms with Gasteiger partial charge in [-0.05, 0) is 24.3 Å². The van der Waals surface area contributed by atoms with Gasteiger partial charge in [-0.1, -0.05) is 11.6 Å². The molecule has 0 aliphatic carbocycles. The third-order valence-corrected chi connectivity index (χ3v) is 3.58. The summed E-state index contributed by atoms with van der Waals surface area (Å²) in [5, 5.41) is 12.4. The van der Waals surface area contributed by atoms with Gasteiger partial charge in [-0.25, -0.2) is 9.37 Å². The molecule has 1 atom stereocenters. The molecule has 0 amide bonds. The van der Waals surface area contributed by atoms with Crippen molar-refractivity contribution in [1.29, 1.82) is 5.26 Å². The highest BCUT2D eigenvalue weighted by Crippen LogP contribution is 2.35. The highest BCUT2D eigenvalue weighted by Gasteiger charge is 2.23. The molecule has 106 valence electrons. The quantitative estimate of drug-likeness (QED) is 0.919. The number of nitriles is 1. The first kappa shape index (κ1) is 13.7. The molecule has 0 saturated heterocycles. The summed E-state index contributed by atoms with van der Waals surface area (Å²) in [5.74, 6) is 0.813. The molecular formula is C15H11ClFN3O. The van der Waals surface area contributed by atoms with Crippen molar-refractivity contribution >= 4 is 17.4 Å². The molecule has 1 N–H and O–H groups in total. The van der Waals surface area contributed by atoms with Crippen LogP contribution in [0, 0.1) is 17.1 Å². The van der Waals surface area contributed by atoms with E-state index in [9.17, 15) is 4.39 Å². The van der Waals surface area contributed by atoms with Crippen LogP contribution >= 0.6 is 11.6 Å². The number of aromatic nitrogens is 1. The maximum Gasteiger partial charge on any atom is 0.145 e. The highest BCUT2D eigenvalue weighted by atomic mass is 35.5. The molecule has 0 bridgehead atoms. The Morgan fingerprint density at radius 1 is 1.43 bits per heavy atom. The number of nitrogens with one attached hydrogen (secondary N) is 1. The lowest BCUT2D eigenvalue weighted by atomic mass is 10.0. The summed E-state index contributed by atoms with van der Waals surface area (Å²) in [6.45, 7) is 0.532. The zero-order valence-electron chi connectivity index (χ0n) is 10.9. The monoisotopic (exact) mass is 303 g/mol. The molecule has 2 aromatic rings. The van der Waals surface area contributed by atoms with Gasteiger partial charge in [0, 0.05) is 18.2 Å². The number of hydrogen-bond acceptors (Lipinski definition) is 4. The van der Waals surface area contributed by atoms with Crippen molar-refractivity contribution in [3.05, 3.63) is 52.4 Å². The average molecular weight is 304 g/mol. The second-order valence-corrected chi connectivity index (χ2v) is 5.09. The Balaban J connectivity index is 1.90. The standard InChI is InChI=1S/C15H11ClFN3O/c16-12-5-9(7-18)8-19-15(12)20-13-3-4-21-14-2-1-10(17)6-11(13)14/h1-2,5-6,8,13H,3-4H2,(H,19,20). The van der Waals surface area contributed by atoms with Crippen molar-refractivity contribution in [2.75, 3.05) is 11.9 Å². The average Bonchev–Trinajstić information content (AvgIpc) is 2.49. The molecule has 21 heavy (non-hydrogen) atoms. The molecule has 0 spiro atoms. The van der Waals surface area contributed by atoms with Crippen LogP contribution in [-0.2, 0) is 0 Å². The van der Waals surface area contributed by atoms with Crippen LogP contribution in [0.4, 0.5) is 10.2 Å². The van der Waals surface area contributed by atoms with E-state index in [0.717, 1.165) is 5.56 Å². The fourth-order valence-corrected chi connectivity index (χ4v) is 2.51. The van der Waals surface area contributed by atoms with E-state index in [1.807, 2.05) is 6.07 Å². The molecule has 1 aromatic carbocycles. The van der Waals surface area contributed by atoms with Crippen molar-refractivity contribution in [2.45, 2.75) is 12.5 Å². The number of fused-ring (bicyclic) bond motifs is 1. The van der Waals surface area contributed by atoms with Gasteiger partial charge in [-0.2, -0.15) is 5.26 Å². The van der Waals surface area contributed by atoms with Gasteiger partial charge < -0.3 is 10.1 Å². The Morgan fingerprint density at radius 2 is 2.29 bits per heavy atom. The number of halogens is 2. The van der Waals surface area contributed by atoms with Crippen LogP contribution in [0.2, 0.25) is 5.02 Å². The van der Waals surface area contributed by atoms with Crippen molar-refractivity contribution in [3.63, 3.8) is 0 Å². The fourth-order valence-electron chi connectivity index (χ4n) is 2.29. The van der Waals surface area contributed by atoms with Crippen molar-refractivity contribution in [2.24, 2.45) is 0 Å². The molecule has 4 nitrogen and oxygen atoms in total. The van der Waals surface area contributed by atoms with Gasteiger partial charge in [0.1, 0.15) is 23.5 Å². The number of pyridine rings is 1. The summed E-state index contributed by atoms with van der Waals surface area (Å²) in [6.07, 6.45) is 2.12. The minimum absolute atomic E-state index is 0.137. The number of anilines is 1. The van der Waals surface area contributed by atoms with E-state index in [4.69, 9.17) is 21.6 Å². The normalized spacial score (nSPS) is 16.5. The van der Waals surface area contributed by atoms with E-state index in [1.165, 1.54) is 18.3 Å². The van der Waals surface area contributed by atoms with Crippen LogP contribution in [-0.4, -0.2) is 11.6 Å². The van der Waals surface area contributed by atoms with Gasteiger partial charge in [-0.3, -0.25) is 0 Å². The Hall–Kier alpha value is -2.32. The lowest BCUT2D eigenvalue weighted by molar-refractivity contribution is 0.273. The van der Waals surface area contributed by atoms with E-state index in [1.54, 1.807) is 12.1 Å². The van der Waals surface area contributed by atoms with E-state index in [2.05, 4.69) is 10.3 Å². The van der Waals surface area contributed by atoms with Crippen molar-refractivity contribution in [3.8, 4) is 11.8 Å². The first-order valence-corrected chi connectivity index (χ1v) is 6.79. The summed E-state index contributed by atoms with van der Waals surface area (Å²) >= 11 is 6.10. The third kappa shape index (κ3) is 2.76. The molecule has 1 aliphatic heterocycles. The van der Waals surface area contributed by atoms with Crippen LogP contribution in [0.3, 0.4) is 0 Å². The topological polar surface area (TPSA) is 57.9 Å². The molecule has 6 heteroatoms. The van der Waals surface area contributed by atoms with Crippen LogP contribution in [0.1, 0.15) is 23.6 Å². The molecular weight excluding hydrogens is 293 g/mol. The summed E-state index contributed by atoms with van der Waals surface area (Å²) < 4.78 is 18.9. The SMILES string of the molecule is N#Cc1cnc(NC2CCOc3ccc(F)cc32)c(Cl)c1. The van der Waals surface area contributed by atoms with Gasteiger partial charge in [0.2, 0.25) is 0 Å². The number of benzene rings is 1. The van der Waals surface area contributed by atoms with Gasteiger partial charge >= 0.3 is 0 Å². The number of ether oxygens (including phenoxy) is 1. The van der Waals surface area contributed by atoms with Crippen LogP contribution in [0.15, 0.2) is 30.5 Å². The van der Waals surface area contributed by atoms with Crippen molar-refractivity contribution < 1.29 is 9.13 Å². The second-order valence-electron chi connectivity index (χ2n) is 4.68. The zero-order chi connectivity index (χ0) is 14.8. The summed E-state index contributed by atoms with van der Waals surface area (Å²) in [7, 11) is 0. The Morgan fingerprint density at radius 3 is 3.05 bits per heavy atom. The molecule has 0 radical (unpaired) electrons. The maximum atomic E-state index is 13.4. The zero-order valence-corrected chi connectivity index (χ0v) is 11.7. The van der Waals surface area contributed by atoms with Crippen LogP contribution in [0.25, 0.3) is 0 Å². The molecule has 0 fully saturated rings. The largest absolute Gasteiger partial charge is 0.493 e. The summed E-state index contributed by atoms with van der Waals surface area (Å²) in [6, 6.07) is 7.82. The third-order valence-electron chi connectivity index (χ3n) is 3.29. The lowest BCUT2D eigenvalue weighted by Crippen LogP contribution is -2.21. The molecule has 2 heterocycles. The predicted octanol–water partition coefficient (Wildman–Crippen LogP) is 3.68. The fraction of sp³-hybridized carbons (Fsp3) is 0.200. The minimum Gasteiger partial charge on any atom is -0.493 e. The molecule has 0 saturated carbocycles. The van der Waals surface area contributed by atoms with E-state index in [0.29, 0.717) is 35.2 Å². The second kappa shape index (κ2) is 5.58. The van der Waals surface area contributed by atoms with E-state index < -0.39 is 0 Å². The van der Waals surface area contributed by atoms with Gasteiger partial charge in [-0.15, -0.1) is 0 Å². The first-order chi connectivity index (χ1) is 10.2. The first-order valence-electron chi connectivity index (χ1n) is 6.42. The number of nitrogens with zero attached hydrogens (tertiary/aromatic N) is 2. The van der Waals surface area contributed by atoms with Gasteiger partial charge in [0.05, 0.1) is 23.2 Å². The Labute approximate surface area is 126 Å². The number of rotatable bonds is 2. The van der Waals surface area contributed by atoms with Gasteiger partial charge in [0.25, 0.3) is 0 Å². The van der Waals surface area contributed by atoms with Gasteiger partial charge in [0.15, 0.2) is 0 Å². The lowest BCUT2D eigenvalue weighted by Gasteiger charge is -2.27. The maximum absolute atomic E-state index is 13.4. The Bertz CT molecular complexity index is 729. The van der Waals surface area contributed by atoms with E-state index in [-0.39, 0.29) is 11.9 Å². The van der Waals surface area contributed by atoms with Crippen LogP contribution < -0.4 is 10.1 Å². The molecule has 3 rings (SSSR count).